The summed E-state index contributed by atoms with van der Waals surface area (Å²) in [5.41, 5.74) is 0.241. The lowest BCUT2D eigenvalue weighted by Gasteiger charge is -2.31. The third-order valence-electron chi connectivity index (χ3n) is 4.55. The monoisotopic (exact) mass is 309 g/mol. The highest BCUT2D eigenvalue weighted by atomic mass is 19.1. The topological polar surface area (TPSA) is 57.6 Å². The van der Waals surface area contributed by atoms with Gasteiger partial charge in [-0.15, -0.1) is 0 Å². The molecule has 3 rings (SSSR count). The second-order valence-electron chi connectivity index (χ2n) is 6.08. The summed E-state index contributed by atoms with van der Waals surface area (Å²) < 4.78 is 27.0. The van der Waals surface area contributed by atoms with Gasteiger partial charge in [-0.25, -0.2) is 8.78 Å². The minimum absolute atomic E-state index is 0.139. The van der Waals surface area contributed by atoms with Crippen LogP contribution >= 0.6 is 0 Å². The van der Waals surface area contributed by atoms with E-state index >= 15 is 0 Å². The molecule has 1 N–H and O–H groups in total. The van der Waals surface area contributed by atoms with Crippen molar-refractivity contribution < 1.29 is 23.5 Å². The van der Waals surface area contributed by atoms with Crippen molar-refractivity contribution in [2.45, 2.75) is 25.2 Å². The van der Waals surface area contributed by atoms with Gasteiger partial charge >= 0.3 is 5.97 Å². The lowest BCUT2D eigenvalue weighted by Crippen LogP contribution is -2.43. The van der Waals surface area contributed by atoms with Crippen LogP contribution in [0.5, 0.6) is 0 Å². The molecule has 2 unspecified atom stereocenters. The molecule has 1 heterocycles. The van der Waals surface area contributed by atoms with Crippen LogP contribution in [0, 0.1) is 23.5 Å². The standard InChI is InChI=1S/C16H17F2NO3/c17-10-3-4-14(18)12(6-10)11-7-13(11)15(20)19-5-1-2-9(8-19)16(21)22/h3-4,6,9,11,13H,1-2,5,7-8H2,(H,21,22)/t9-,11?,13?/m0/s1. The van der Waals surface area contributed by atoms with E-state index in [0.29, 0.717) is 25.8 Å². The maximum Gasteiger partial charge on any atom is 0.308 e. The van der Waals surface area contributed by atoms with Crippen molar-refractivity contribution in [2.75, 3.05) is 13.1 Å². The van der Waals surface area contributed by atoms with Crippen molar-refractivity contribution >= 4 is 11.9 Å². The molecule has 0 radical (unpaired) electrons. The first-order chi connectivity index (χ1) is 10.5. The average Bonchev–Trinajstić information content (AvgIpc) is 3.29. The molecule has 3 atom stereocenters. The summed E-state index contributed by atoms with van der Waals surface area (Å²) >= 11 is 0. The quantitative estimate of drug-likeness (QED) is 0.932. The van der Waals surface area contributed by atoms with E-state index < -0.39 is 23.5 Å². The maximum atomic E-state index is 13.7. The number of aliphatic carboxylic acids is 1. The molecule has 22 heavy (non-hydrogen) atoms. The van der Waals surface area contributed by atoms with Crippen molar-refractivity contribution in [3.8, 4) is 0 Å². The molecular weight excluding hydrogens is 292 g/mol. The predicted octanol–water partition coefficient (Wildman–Crippen LogP) is 2.39. The minimum Gasteiger partial charge on any atom is -0.481 e. The van der Waals surface area contributed by atoms with E-state index in [1.807, 2.05) is 0 Å². The zero-order chi connectivity index (χ0) is 15.9. The fourth-order valence-electron chi connectivity index (χ4n) is 3.22. The Kier molecular flexibility index (Phi) is 3.85. The van der Waals surface area contributed by atoms with Gasteiger partial charge in [-0.05, 0) is 48.9 Å². The molecule has 1 saturated carbocycles. The fourth-order valence-corrected chi connectivity index (χ4v) is 3.22. The van der Waals surface area contributed by atoms with Gasteiger partial charge in [0, 0.05) is 19.0 Å². The Morgan fingerprint density at radius 1 is 1.27 bits per heavy atom. The largest absolute Gasteiger partial charge is 0.481 e. The Hall–Kier alpha value is -1.98. The third-order valence-corrected chi connectivity index (χ3v) is 4.55. The number of carbonyl (C=O) groups is 2. The molecule has 1 aromatic carbocycles. The van der Waals surface area contributed by atoms with Crippen LogP contribution in [0.1, 0.15) is 30.7 Å². The molecule has 2 aliphatic rings. The summed E-state index contributed by atoms with van der Waals surface area (Å²) in [7, 11) is 0. The Morgan fingerprint density at radius 2 is 2.05 bits per heavy atom. The van der Waals surface area contributed by atoms with Crippen LogP contribution in [0.3, 0.4) is 0 Å². The lowest BCUT2D eigenvalue weighted by molar-refractivity contribution is -0.146. The number of carboxylic acids is 1. The second kappa shape index (κ2) is 5.66. The van der Waals surface area contributed by atoms with E-state index in [2.05, 4.69) is 0 Å². The van der Waals surface area contributed by atoms with Crippen molar-refractivity contribution in [2.24, 2.45) is 11.8 Å². The van der Waals surface area contributed by atoms with Gasteiger partial charge in [0.2, 0.25) is 5.91 Å². The number of rotatable bonds is 3. The van der Waals surface area contributed by atoms with Crippen LogP contribution in [0.25, 0.3) is 0 Å². The molecule has 6 heteroatoms. The molecule has 1 amide bonds. The molecule has 1 aliphatic carbocycles. The van der Waals surface area contributed by atoms with Crippen LogP contribution < -0.4 is 0 Å². The summed E-state index contributed by atoms with van der Waals surface area (Å²) in [4.78, 5) is 25.0. The predicted molar refractivity (Wildman–Crippen MR) is 74.1 cm³/mol. The molecule has 1 saturated heterocycles. The van der Waals surface area contributed by atoms with Gasteiger partial charge in [-0.1, -0.05) is 0 Å². The van der Waals surface area contributed by atoms with Gasteiger partial charge < -0.3 is 10.0 Å². The average molecular weight is 309 g/mol. The van der Waals surface area contributed by atoms with E-state index in [1.54, 1.807) is 4.90 Å². The Balaban J connectivity index is 1.67. The molecule has 0 aromatic heterocycles. The Morgan fingerprint density at radius 3 is 2.77 bits per heavy atom. The second-order valence-corrected chi connectivity index (χ2v) is 6.08. The zero-order valence-corrected chi connectivity index (χ0v) is 12.0. The number of carboxylic acid groups (broad SMARTS) is 1. The SMILES string of the molecule is O=C(O)[C@H]1CCCN(C(=O)C2CC2c2cc(F)ccc2F)C1. The van der Waals surface area contributed by atoms with Crippen molar-refractivity contribution in [1.82, 2.24) is 4.90 Å². The minimum atomic E-state index is -0.888. The number of amides is 1. The smallest absolute Gasteiger partial charge is 0.308 e. The fraction of sp³-hybridized carbons (Fsp3) is 0.500. The number of likely N-dealkylation sites (tertiary alicyclic amines) is 1. The number of piperidine rings is 1. The molecule has 118 valence electrons. The highest BCUT2D eigenvalue weighted by Gasteiger charge is 2.47. The van der Waals surface area contributed by atoms with Crippen LogP contribution in [0.4, 0.5) is 8.78 Å². The van der Waals surface area contributed by atoms with Crippen LogP contribution in [0.2, 0.25) is 0 Å². The van der Waals surface area contributed by atoms with Gasteiger partial charge in [-0.2, -0.15) is 0 Å². The van der Waals surface area contributed by atoms with Gasteiger partial charge in [0.05, 0.1) is 5.92 Å². The number of hydrogen-bond acceptors (Lipinski definition) is 2. The normalized spacial score (nSPS) is 27.5. The van der Waals surface area contributed by atoms with Gasteiger partial charge in [-0.3, -0.25) is 9.59 Å². The van der Waals surface area contributed by atoms with Crippen molar-refractivity contribution in [1.29, 1.82) is 0 Å². The highest BCUT2D eigenvalue weighted by Crippen LogP contribution is 2.49. The lowest BCUT2D eigenvalue weighted by atomic mass is 9.97. The number of nitrogens with zero attached hydrogens (tertiary/aromatic N) is 1. The number of halogens is 2. The summed E-state index contributed by atoms with van der Waals surface area (Å²) in [5.74, 6) is -3.22. The van der Waals surface area contributed by atoms with E-state index in [-0.39, 0.29) is 29.9 Å². The van der Waals surface area contributed by atoms with E-state index in [4.69, 9.17) is 5.11 Å². The van der Waals surface area contributed by atoms with Gasteiger partial charge in [0.1, 0.15) is 11.6 Å². The molecule has 0 bridgehead atoms. The number of hydrogen-bond donors (Lipinski definition) is 1. The van der Waals surface area contributed by atoms with Gasteiger partial charge in [0.25, 0.3) is 0 Å². The van der Waals surface area contributed by atoms with E-state index in [0.717, 1.165) is 18.2 Å². The highest BCUT2D eigenvalue weighted by molar-refractivity contribution is 5.84. The zero-order valence-electron chi connectivity index (χ0n) is 12.0. The summed E-state index contributed by atoms with van der Waals surface area (Å²) in [6.07, 6.45) is 1.73. The van der Waals surface area contributed by atoms with Crippen LogP contribution in [-0.2, 0) is 9.59 Å². The third kappa shape index (κ3) is 2.82. The Bertz CT molecular complexity index is 619. The summed E-state index contributed by atoms with van der Waals surface area (Å²) in [6, 6.07) is 3.27. The first kappa shape index (κ1) is 14.9. The maximum absolute atomic E-state index is 13.7. The van der Waals surface area contributed by atoms with Crippen molar-refractivity contribution in [3.05, 3.63) is 35.4 Å². The van der Waals surface area contributed by atoms with E-state index in [1.165, 1.54) is 0 Å². The first-order valence-corrected chi connectivity index (χ1v) is 7.44. The Labute approximate surface area is 126 Å². The number of carbonyl (C=O) groups excluding carboxylic acids is 1. The van der Waals surface area contributed by atoms with E-state index in [9.17, 15) is 18.4 Å². The first-order valence-electron chi connectivity index (χ1n) is 7.44. The van der Waals surface area contributed by atoms with Gasteiger partial charge in [0.15, 0.2) is 0 Å². The van der Waals surface area contributed by atoms with Crippen LogP contribution in [0.15, 0.2) is 18.2 Å². The molecule has 4 nitrogen and oxygen atoms in total. The molecule has 2 fully saturated rings. The van der Waals surface area contributed by atoms with Crippen LogP contribution in [-0.4, -0.2) is 35.0 Å². The number of benzene rings is 1. The molecule has 1 aliphatic heterocycles. The summed E-state index contributed by atoms with van der Waals surface area (Å²) in [5, 5.41) is 9.06. The molecular formula is C16H17F2NO3. The van der Waals surface area contributed by atoms with Crippen molar-refractivity contribution in [3.63, 3.8) is 0 Å². The summed E-state index contributed by atoms with van der Waals surface area (Å²) in [6.45, 7) is 0.750. The molecule has 0 spiro atoms. The molecule has 1 aromatic rings.